The van der Waals surface area contributed by atoms with Gasteiger partial charge < -0.3 is 10.4 Å². The Bertz CT molecular complexity index is 534. The summed E-state index contributed by atoms with van der Waals surface area (Å²) in [5.41, 5.74) is 1.55. The molecule has 0 amide bonds. The molecule has 0 aliphatic carbocycles. The molecule has 2 N–H and O–H groups in total. The van der Waals surface area contributed by atoms with E-state index in [9.17, 15) is 8.78 Å². The van der Waals surface area contributed by atoms with Crippen LogP contribution in [0.1, 0.15) is 24.1 Å². The summed E-state index contributed by atoms with van der Waals surface area (Å²) in [5, 5.41) is 12.2. The van der Waals surface area contributed by atoms with Gasteiger partial charge in [-0.3, -0.25) is 0 Å². The van der Waals surface area contributed by atoms with Crippen molar-refractivity contribution in [2.45, 2.75) is 19.5 Å². The highest BCUT2D eigenvalue weighted by Gasteiger charge is 2.10. The van der Waals surface area contributed by atoms with Crippen molar-refractivity contribution in [1.82, 2.24) is 5.32 Å². The third-order valence-corrected chi connectivity index (χ3v) is 2.99. The molecule has 100 valence electrons. The van der Waals surface area contributed by atoms with E-state index >= 15 is 0 Å². The molecule has 0 saturated heterocycles. The average molecular weight is 263 g/mol. The summed E-state index contributed by atoms with van der Waals surface area (Å²) in [7, 11) is 0. The van der Waals surface area contributed by atoms with Gasteiger partial charge in [0.15, 0.2) is 17.4 Å². The normalized spacial score (nSPS) is 12.4. The van der Waals surface area contributed by atoms with E-state index in [1.165, 1.54) is 0 Å². The molecule has 0 heterocycles. The van der Waals surface area contributed by atoms with Crippen LogP contribution in [0.2, 0.25) is 0 Å². The van der Waals surface area contributed by atoms with E-state index < -0.39 is 17.4 Å². The van der Waals surface area contributed by atoms with Crippen LogP contribution in [0.5, 0.6) is 5.75 Å². The standard InChI is InChI=1S/C15H15F2NO/c1-10(12-5-3-2-4-6-12)18-9-11-7-13(16)15(19)14(17)8-11/h2-8,10,18-19H,9H2,1H3/t10-/m0/s1. The maximum Gasteiger partial charge on any atom is 0.187 e. The molecule has 2 nitrogen and oxygen atoms in total. The molecule has 0 radical (unpaired) electrons. The minimum absolute atomic E-state index is 0.0705. The first-order valence-electron chi connectivity index (χ1n) is 6.03. The van der Waals surface area contributed by atoms with Gasteiger partial charge in [-0.1, -0.05) is 30.3 Å². The SMILES string of the molecule is C[C@H](NCc1cc(F)c(O)c(F)c1)c1ccccc1. The number of hydrogen-bond donors (Lipinski definition) is 2. The van der Waals surface area contributed by atoms with Crippen molar-refractivity contribution in [2.24, 2.45) is 0 Å². The predicted molar refractivity (Wildman–Crippen MR) is 69.7 cm³/mol. The molecule has 1 atom stereocenters. The molecule has 0 aliphatic heterocycles. The summed E-state index contributed by atoms with van der Waals surface area (Å²) >= 11 is 0. The van der Waals surface area contributed by atoms with Crippen LogP contribution in [0.25, 0.3) is 0 Å². The van der Waals surface area contributed by atoms with Crippen molar-refractivity contribution >= 4 is 0 Å². The van der Waals surface area contributed by atoms with Gasteiger partial charge >= 0.3 is 0 Å². The molecule has 2 aromatic rings. The second-order valence-corrected chi connectivity index (χ2v) is 4.42. The van der Waals surface area contributed by atoms with Gasteiger partial charge in [-0.25, -0.2) is 8.78 Å². The monoisotopic (exact) mass is 263 g/mol. The Kier molecular flexibility index (Phi) is 4.12. The van der Waals surface area contributed by atoms with Crippen molar-refractivity contribution in [2.75, 3.05) is 0 Å². The Balaban J connectivity index is 2.03. The van der Waals surface area contributed by atoms with Gasteiger partial charge in [-0.05, 0) is 30.2 Å². The Morgan fingerprint density at radius 3 is 2.26 bits per heavy atom. The lowest BCUT2D eigenvalue weighted by Gasteiger charge is -2.14. The number of nitrogens with one attached hydrogen (secondary N) is 1. The van der Waals surface area contributed by atoms with Crippen LogP contribution < -0.4 is 5.32 Å². The van der Waals surface area contributed by atoms with Crippen molar-refractivity contribution in [3.8, 4) is 5.75 Å². The Hall–Kier alpha value is -1.94. The van der Waals surface area contributed by atoms with Crippen molar-refractivity contribution in [1.29, 1.82) is 0 Å². The molecule has 0 aliphatic rings. The number of hydrogen-bond acceptors (Lipinski definition) is 2. The number of benzene rings is 2. The lowest BCUT2D eigenvalue weighted by molar-refractivity contribution is 0.394. The van der Waals surface area contributed by atoms with Gasteiger partial charge in [-0.15, -0.1) is 0 Å². The van der Waals surface area contributed by atoms with E-state index in [2.05, 4.69) is 5.32 Å². The zero-order chi connectivity index (χ0) is 13.8. The lowest BCUT2D eigenvalue weighted by Crippen LogP contribution is -2.18. The first kappa shape index (κ1) is 13.5. The summed E-state index contributed by atoms with van der Waals surface area (Å²) in [5.74, 6) is -2.81. The smallest absolute Gasteiger partial charge is 0.187 e. The minimum Gasteiger partial charge on any atom is -0.503 e. The predicted octanol–water partition coefficient (Wildman–Crippen LogP) is 3.52. The molecule has 2 rings (SSSR count). The number of halogens is 2. The van der Waals surface area contributed by atoms with E-state index in [1.807, 2.05) is 37.3 Å². The number of rotatable bonds is 4. The highest BCUT2D eigenvalue weighted by atomic mass is 19.1. The quantitative estimate of drug-likeness (QED) is 0.884. The average Bonchev–Trinajstić information content (AvgIpc) is 2.43. The fraction of sp³-hybridized carbons (Fsp3) is 0.200. The Morgan fingerprint density at radius 2 is 1.68 bits per heavy atom. The van der Waals surface area contributed by atoms with Crippen LogP contribution in [-0.4, -0.2) is 5.11 Å². The lowest BCUT2D eigenvalue weighted by atomic mass is 10.1. The van der Waals surface area contributed by atoms with Crippen molar-refractivity contribution in [3.05, 3.63) is 65.2 Å². The van der Waals surface area contributed by atoms with Gasteiger partial charge in [0, 0.05) is 12.6 Å². The Labute approximate surface area is 110 Å². The van der Waals surface area contributed by atoms with Gasteiger partial charge in [0.1, 0.15) is 0 Å². The van der Waals surface area contributed by atoms with Crippen molar-refractivity contribution in [3.63, 3.8) is 0 Å². The Morgan fingerprint density at radius 1 is 1.11 bits per heavy atom. The fourth-order valence-corrected chi connectivity index (χ4v) is 1.85. The fourth-order valence-electron chi connectivity index (χ4n) is 1.85. The maximum absolute atomic E-state index is 13.2. The minimum atomic E-state index is -0.941. The summed E-state index contributed by atoms with van der Waals surface area (Å²) in [4.78, 5) is 0. The van der Waals surface area contributed by atoms with Crippen LogP contribution in [0.3, 0.4) is 0 Å². The van der Waals surface area contributed by atoms with Gasteiger partial charge in [0.2, 0.25) is 0 Å². The van der Waals surface area contributed by atoms with Crippen LogP contribution in [0.4, 0.5) is 8.78 Å². The highest BCUT2D eigenvalue weighted by molar-refractivity contribution is 5.30. The summed E-state index contributed by atoms with van der Waals surface area (Å²) in [6.07, 6.45) is 0. The molecule has 0 bridgehead atoms. The number of aromatic hydroxyl groups is 1. The molecule has 0 aromatic heterocycles. The largest absolute Gasteiger partial charge is 0.503 e. The zero-order valence-corrected chi connectivity index (χ0v) is 10.5. The second-order valence-electron chi connectivity index (χ2n) is 4.42. The highest BCUT2D eigenvalue weighted by Crippen LogP contribution is 2.22. The maximum atomic E-state index is 13.2. The van der Waals surface area contributed by atoms with Gasteiger partial charge in [-0.2, -0.15) is 0 Å². The molecule has 4 heteroatoms. The molecule has 0 spiro atoms. The zero-order valence-electron chi connectivity index (χ0n) is 10.5. The molecular formula is C15H15F2NO. The molecule has 0 saturated carbocycles. The first-order chi connectivity index (χ1) is 9.08. The summed E-state index contributed by atoms with van der Waals surface area (Å²) < 4.78 is 26.3. The molecular weight excluding hydrogens is 248 g/mol. The molecule has 0 unspecified atom stereocenters. The summed E-state index contributed by atoms with van der Waals surface area (Å²) in [6, 6.07) is 12.1. The topological polar surface area (TPSA) is 32.3 Å². The second kappa shape index (κ2) is 5.80. The van der Waals surface area contributed by atoms with E-state index in [-0.39, 0.29) is 6.04 Å². The van der Waals surface area contributed by atoms with Crippen LogP contribution in [-0.2, 0) is 6.54 Å². The van der Waals surface area contributed by atoms with Crippen LogP contribution >= 0.6 is 0 Å². The molecule has 0 fully saturated rings. The van der Waals surface area contributed by atoms with E-state index in [1.54, 1.807) is 0 Å². The number of phenolic OH excluding ortho intramolecular Hbond substituents is 1. The third kappa shape index (κ3) is 3.29. The van der Waals surface area contributed by atoms with Crippen LogP contribution in [0, 0.1) is 11.6 Å². The third-order valence-electron chi connectivity index (χ3n) is 2.99. The van der Waals surface area contributed by atoms with Gasteiger partial charge in [0.25, 0.3) is 0 Å². The molecule has 19 heavy (non-hydrogen) atoms. The van der Waals surface area contributed by atoms with E-state index in [0.29, 0.717) is 12.1 Å². The van der Waals surface area contributed by atoms with Crippen LogP contribution in [0.15, 0.2) is 42.5 Å². The number of phenols is 1. The van der Waals surface area contributed by atoms with E-state index in [4.69, 9.17) is 5.11 Å². The van der Waals surface area contributed by atoms with E-state index in [0.717, 1.165) is 17.7 Å². The van der Waals surface area contributed by atoms with Crippen molar-refractivity contribution < 1.29 is 13.9 Å². The summed E-state index contributed by atoms with van der Waals surface area (Å²) in [6.45, 7) is 2.30. The molecule has 2 aromatic carbocycles. The first-order valence-corrected chi connectivity index (χ1v) is 6.03. The van der Waals surface area contributed by atoms with Gasteiger partial charge in [0.05, 0.1) is 0 Å².